The van der Waals surface area contributed by atoms with E-state index in [0.717, 1.165) is 0 Å². The molecule has 3 N–H and O–H groups in total. The predicted molar refractivity (Wildman–Crippen MR) is 48.9 cm³/mol. The van der Waals surface area contributed by atoms with Crippen molar-refractivity contribution in [2.24, 2.45) is 0 Å². The van der Waals surface area contributed by atoms with Gasteiger partial charge in [0.25, 0.3) is 0 Å². The molecule has 0 aromatic heterocycles. The number of aliphatic hydroxyl groups excluding tert-OH is 1. The van der Waals surface area contributed by atoms with Crippen LogP contribution in [0.4, 0.5) is 0 Å². The van der Waals surface area contributed by atoms with Gasteiger partial charge in [-0.05, 0) is 12.3 Å². The zero-order valence-electron chi connectivity index (χ0n) is 6.97. The summed E-state index contributed by atoms with van der Waals surface area (Å²) in [5, 5.41) is 22.9. The van der Waals surface area contributed by atoms with Crippen LogP contribution in [-0.4, -0.2) is 22.9 Å². The lowest BCUT2D eigenvalue weighted by Crippen LogP contribution is -2.09. The zero-order valence-corrected chi connectivity index (χ0v) is 6.97. The van der Waals surface area contributed by atoms with E-state index in [9.17, 15) is 4.79 Å². The summed E-state index contributed by atoms with van der Waals surface area (Å²) in [7, 11) is 0. The summed E-state index contributed by atoms with van der Waals surface area (Å²) in [5.41, 5.74) is 0.403. The fourth-order valence-corrected chi connectivity index (χ4v) is 0.778. The van der Waals surface area contributed by atoms with Gasteiger partial charge < -0.3 is 15.6 Å². The summed E-state index contributed by atoms with van der Waals surface area (Å²) in [5.74, 6) is -1.23. The maximum Gasteiger partial charge on any atom is 0.337 e. The highest BCUT2D eigenvalue weighted by atomic mass is 16.4. The second-order valence-electron chi connectivity index (χ2n) is 2.15. The van der Waals surface area contributed by atoms with E-state index in [0.29, 0.717) is 5.56 Å². The van der Waals surface area contributed by atoms with Crippen LogP contribution in [0.1, 0.15) is 11.7 Å². The first kappa shape index (κ1) is 11.3. The van der Waals surface area contributed by atoms with Crippen molar-refractivity contribution in [1.82, 2.24) is 0 Å². The molecule has 1 unspecified atom stereocenters. The van der Waals surface area contributed by atoms with Crippen molar-refractivity contribution in [2.75, 3.05) is 0 Å². The van der Waals surface area contributed by atoms with E-state index in [4.69, 9.17) is 15.6 Å². The number of aliphatic carboxylic acids is 1. The molecule has 0 aliphatic rings. The normalized spacial score (nSPS) is 10.8. The second kappa shape index (κ2) is 5.91. The molecule has 0 saturated heterocycles. The molecule has 13 heavy (non-hydrogen) atoms. The average Bonchev–Trinajstić information content (AvgIpc) is 2.21. The van der Waals surface area contributed by atoms with Gasteiger partial charge in [0.15, 0.2) is 6.10 Å². The van der Waals surface area contributed by atoms with Crippen LogP contribution in [0.5, 0.6) is 0 Å². The Balaban J connectivity index is 0.000000671. The van der Waals surface area contributed by atoms with Gasteiger partial charge in [0.2, 0.25) is 0 Å². The summed E-state index contributed by atoms with van der Waals surface area (Å²) in [4.78, 5) is 10.2. The summed E-state index contributed by atoms with van der Waals surface area (Å²) >= 11 is 0. The average molecular weight is 181 g/mol. The molecule has 1 aromatic carbocycles. The maximum absolute atomic E-state index is 10.2. The Bertz CT molecular complexity index is 261. The minimum absolute atomic E-state index is 0.403. The van der Waals surface area contributed by atoms with Crippen LogP contribution in [0.3, 0.4) is 0 Å². The molecule has 4 heteroatoms. The van der Waals surface area contributed by atoms with Crippen molar-refractivity contribution in [3.63, 3.8) is 0 Å². The monoisotopic (exact) mass is 181 g/mol. The molecule has 0 aliphatic heterocycles. The fourth-order valence-electron chi connectivity index (χ4n) is 0.778. The van der Waals surface area contributed by atoms with Gasteiger partial charge in [0.05, 0.1) is 0 Å². The highest BCUT2D eigenvalue weighted by Gasteiger charge is 2.14. The number of carboxylic acids is 1. The van der Waals surface area contributed by atoms with Gasteiger partial charge in [-0.1, -0.05) is 30.3 Å². The Morgan fingerprint density at radius 2 is 1.77 bits per heavy atom. The molecule has 1 aromatic rings. The summed E-state index contributed by atoms with van der Waals surface area (Å²) in [6.45, 7) is 2.50. The van der Waals surface area contributed by atoms with E-state index in [1.54, 1.807) is 30.3 Å². The number of rotatable bonds is 2. The molecule has 0 radical (unpaired) electrons. The molecular formula is C9H11NO3. The Hall–Kier alpha value is -1.68. The van der Waals surface area contributed by atoms with E-state index in [1.165, 1.54) is 0 Å². The molecule has 0 heterocycles. The predicted octanol–water partition coefficient (Wildman–Crippen LogP) is 1.07. The fraction of sp³-hybridized carbons (Fsp3) is 0.111. The number of nitrogens with one attached hydrogen (secondary N) is 1. The molecule has 1 rings (SSSR count). The van der Waals surface area contributed by atoms with Crippen LogP contribution in [0.2, 0.25) is 0 Å². The van der Waals surface area contributed by atoms with E-state index in [2.05, 4.69) is 6.72 Å². The van der Waals surface area contributed by atoms with E-state index < -0.39 is 12.1 Å². The number of hydrogen-bond acceptors (Lipinski definition) is 3. The molecule has 0 spiro atoms. The summed E-state index contributed by atoms with van der Waals surface area (Å²) < 4.78 is 0. The lowest BCUT2D eigenvalue weighted by atomic mass is 10.1. The summed E-state index contributed by atoms with van der Waals surface area (Å²) in [6.07, 6.45) is -1.41. The number of hydrogen-bond donors (Lipinski definition) is 3. The minimum Gasteiger partial charge on any atom is -0.479 e. The van der Waals surface area contributed by atoms with Gasteiger partial charge in [0, 0.05) is 0 Å². The molecule has 4 nitrogen and oxygen atoms in total. The molecule has 0 fully saturated rings. The number of carboxylic acid groups (broad SMARTS) is 1. The Morgan fingerprint density at radius 3 is 2.15 bits per heavy atom. The molecular weight excluding hydrogens is 170 g/mol. The number of benzene rings is 1. The van der Waals surface area contributed by atoms with Crippen LogP contribution < -0.4 is 0 Å². The molecule has 0 saturated carbocycles. The highest BCUT2D eigenvalue weighted by molar-refractivity contribution is 5.73. The third-order valence-electron chi connectivity index (χ3n) is 1.35. The zero-order chi connectivity index (χ0) is 10.3. The Morgan fingerprint density at radius 1 is 1.31 bits per heavy atom. The van der Waals surface area contributed by atoms with Crippen molar-refractivity contribution in [2.45, 2.75) is 6.10 Å². The van der Waals surface area contributed by atoms with E-state index in [1.807, 2.05) is 0 Å². The van der Waals surface area contributed by atoms with Gasteiger partial charge in [-0.3, -0.25) is 0 Å². The third kappa shape index (κ3) is 3.48. The topological polar surface area (TPSA) is 81.4 Å². The standard InChI is InChI=1S/C8H8O3.CH3N/c9-7(8(10)11)6-4-2-1-3-5-6;1-2/h1-5,7,9H,(H,10,11);2H,1H2. The molecule has 0 aliphatic carbocycles. The van der Waals surface area contributed by atoms with Crippen LogP contribution in [0, 0.1) is 5.41 Å². The molecule has 0 amide bonds. The van der Waals surface area contributed by atoms with Gasteiger partial charge in [-0.2, -0.15) is 0 Å². The summed E-state index contributed by atoms with van der Waals surface area (Å²) in [6, 6.07) is 8.26. The van der Waals surface area contributed by atoms with Crippen LogP contribution in [0.25, 0.3) is 0 Å². The maximum atomic E-state index is 10.2. The first-order valence-electron chi connectivity index (χ1n) is 3.53. The number of carbonyl (C=O) groups is 1. The second-order valence-corrected chi connectivity index (χ2v) is 2.15. The van der Waals surface area contributed by atoms with E-state index in [-0.39, 0.29) is 0 Å². The number of aliphatic hydroxyl groups is 1. The smallest absolute Gasteiger partial charge is 0.337 e. The quantitative estimate of drug-likeness (QED) is 0.597. The minimum atomic E-state index is -1.41. The van der Waals surface area contributed by atoms with Crippen molar-refractivity contribution in [3.05, 3.63) is 35.9 Å². The van der Waals surface area contributed by atoms with Crippen molar-refractivity contribution >= 4 is 12.7 Å². The van der Waals surface area contributed by atoms with Gasteiger partial charge in [0.1, 0.15) is 0 Å². The Kier molecular flexibility index (Phi) is 5.14. The lowest BCUT2D eigenvalue weighted by molar-refractivity contribution is -0.146. The first-order valence-corrected chi connectivity index (χ1v) is 3.53. The molecule has 0 bridgehead atoms. The first-order chi connectivity index (χ1) is 6.22. The molecule has 1 atom stereocenters. The van der Waals surface area contributed by atoms with Crippen molar-refractivity contribution in [1.29, 1.82) is 5.41 Å². The van der Waals surface area contributed by atoms with Gasteiger partial charge in [-0.25, -0.2) is 4.79 Å². The largest absolute Gasteiger partial charge is 0.479 e. The van der Waals surface area contributed by atoms with Crippen LogP contribution in [-0.2, 0) is 4.79 Å². The van der Waals surface area contributed by atoms with Gasteiger partial charge >= 0.3 is 5.97 Å². The lowest BCUT2D eigenvalue weighted by Gasteiger charge is -2.03. The van der Waals surface area contributed by atoms with Gasteiger partial charge in [-0.15, -0.1) is 0 Å². The van der Waals surface area contributed by atoms with Crippen molar-refractivity contribution in [3.8, 4) is 0 Å². The van der Waals surface area contributed by atoms with E-state index >= 15 is 0 Å². The van der Waals surface area contributed by atoms with Crippen LogP contribution >= 0.6 is 0 Å². The SMILES string of the molecule is C=N.O=C(O)C(O)c1ccccc1. The van der Waals surface area contributed by atoms with Crippen LogP contribution in [0.15, 0.2) is 30.3 Å². The Labute approximate surface area is 76.0 Å². The molecule has 70 valence electrons. The third-order valence-corrected chi connectivity index (χ3v) is 1.35. The highest BCUT2D eigenvalue weighted by Crippen LogP contribution is 2.10. The van der Waals surface area contributed by atoms with Crippen molar-refractivity contribution < 1.29 is 15.0 Å².